The van der Waals surface area contributed by atoms with Crippen LogP contribution in [0.1, 0.15) is 49.9 Å². The largest absolute Gasteiger partial charge is 0.459 e. The van der Waals surface area contributed by atoms with Gasteiger partial charge < -0.3 is 20.9 Å². The quantitative estimate of drug-likeness (QED) is 0.294. The Morgan fingerprint density at radius 1 is 0.938 bits per heavy atom. The number of esters is 2. The van der Waals surface area contributed by atoms with Gasteiger partial charge >= 0.3 is 11.9 Å². The third-order valence-electron chi connectivity index (χ3n) is 5.58. The first kappa shape index (κ1) is 23.3. The molecule has 0 amide bonds. The number of ether oxygens (including phenoxy) is 2. The number of nitrogens with zero attached hydrogens (tertiary/aromatic N) is 1. The minimum atomic E-state index is -0.334. The number of hydrogen-bond donors (Lipinski definition) is 2. The van der Waals surface area contributed by atoms with Crippen LogP contribution in [0.25, 0.3) is 11.1 Å². The molecular formula is C25H31N3O4. The molecule has 1 aliphatic rings. The van der Waals surface area contributed by atoms with Crippen LogP contribution in [0.5, 0.6) is 5.75 Å². The molecule has 0 saturated heterocycles. The van der Waals surface area contributed by atoms with E-state index in [1.165, 1.54) is 0 Å². The van der Waals surface area contributed by atoms with Gasteiger partial charge in [-0.3, -0.25) is 9.79 Å². The zero-order valence-corrected chi connectivity index (χ0v) is 18.6. The topological polar surface area (TPSA) is 117 Å². The fourth-order valence-corrected chi connectivity index (χ4v) is 3.81. The monoisotopic (exact) mass is 437 g/mol. The number of rotatable bonds is 7. The van der Waals surface area contributed by atoms with E-state index in [4.69, 9.17) is 20.9 Å². The minimum Gasteiger partial charge on any atom is -0.459 e. The summed E-state index contributed by atoms with van der Waals surface area (Å²) >= 11 is 0. The molecule has 32 heavy (non-hydrogen) atoms. The van der Waals surface area contributed by atoms with Crippen molar-refractivity contribution >= 4 is 17.9 Å². The van der Waals surface area contributed by atoms with Crippen molar-refractivity contribution in [2.75, 3.05) is 6.54 Å². The maximum absolute atomic E-state index is 12.5. The van der Waals surface area contributed by atoms with E-state index in [1.807, 2.05) is 38.1 Å². The number of aliphatic imine (C=N–C) groups is 1. The smallest absolute Gasteiger partial charge is 0.338 e. The number of guanidine groups is 1. The van der Waals surface area contributed by atoms with E-state index in [-0.39, 0.29) is 29.9 Å². The van der Waals surface area contributed by atoms with Crippen molar-refractivity contribution in [2.24, 2.45) is 28.3 Å². The molecule has 0 radical (unpaired) electrons. The van der Waals surface area contributed by atoms with E-state index in [2.05, 4.69) is 4.99 Å². The molecule has 0 aromatic heterocycles. The molecule has 0 bridgehead atoms. The van der Waals surface area contributed by atoms with Crippen LogP contribution in [0, 0.1) is 11.8 Å². The van der Waals surface area contributed by atoms with Gasteiger partial charge in [0.15, 0.2) is 5.96 Å². The number of carbonyl (C=O) groups excluding carboxylic acids is 2. The Bertz CT molecular complexity index is 940. The Morgan fingerprint density at radius 2 is 1.50 bits per heavy atom. The van der Waals surface area contributed by atoms with Crippen molar-refractivity contribution < 1.29 is 19.1 Å². The molecule has 0 heterocycles. The summed E-state index contributed by atoms with van der Waals surface area (Å²) in [6.07, 6.45) is 3.24. The van der Waals surface area contributed by atoms with Crippen molar-refractivity contribution in [3.05, 3.63) is 54.1 Å². The molecule has 1 fully saturated rings. The number of hydrogen-bond acceptors (Lipinski definition) is 5. The molecule has 0 unspecified atom stereocenters. The predicted octanol–water partition coefficient (Wildman–Crippen LogP) is 3.90. The van der Waals surface area contributed by atoms with Gasteiger partial charge in [0, 0.05) is 6.54 Å². The van der Waals surface area contributed by atoms with Gasteiger partial charge in [-0.05, 0) is 80.8 Å². The molecule has 1 aliphatic carbocycles. The van der Waals surface area contributed by atoms with Crippen molar-refractivity contribution in [3.63, 3.8) is 0 Å². The third-order valence-corrected chi connectivity index (χ3v) is 5.58. The first-order chi connectivity index (χ1) is 15.3. The van der Waals surface area contributed by atoms with Gasteiger partial charge in [0.1, 0.15) is 5.75 Å². The van der Waals surface area contributed by atoms with Gasteiger partial charge in [-0.15, -0.1) is 0 Å². The average Bonchev–Trinajstić information content (AvgIpc) is 2.78. The fourth-order valence-electron chi connectivity index (χ4n) is 3.81. The molecule has 1 saturated carbocycles. The van der Waals surface area contributed by atoms with E-state index in [9.17, 15) is 9.59 Å². The summed E-state index contributed by atoms with van der Waals surface area (Å²) in [5, 5.41) is 0. The summed E-state index contributed by atoms with van der Waals surface area (Å²) in [7, 11) is 0. The summed E-state index contributed by atoms with van der Waals surface area (Å²) in [6.45, 7) is 4.26. The second-order valence-corrected chi connectivity index (χ2v) is 8.46. The molecule has 7 heteroatoms. The van der Waals surface area contributed by atoms with Gasteiger partial charge in [0.2, 0.25) is 0 Å². The lowest BCUT2D eigenvalue weighted by atomic mass is 9.82. The molecule has 0 atom stereocenters. The van der Waals surface area contributed by atoms with Crippen LogP contribution in [0.3, 0.4) is 0 Å². The Kier molecular flexibility index (Phi) is 7.87. The summed E-state index contributed by atoms with van der Waals surface area (Å²) in [5.74, 6) is 0.436. The van der Waals surface area contributed by atoms with E-state index < -0.39 is 0 Å². The Balaban J connectivity index is 1.53. The molecule has 3 rings (SSSR count). The number of nitrogens with two attached hydrogens (primary N) is 2. The van der Waals surface area contributed by atoms with E-state index in [0.29, 0.717) is 23.8 Å². The zero-order chi connectivity index (χ0) is 23.1. The normalized spacial score (nSPS) is 18.1. The van der Waals surface area contributed by atoms with Crippen LogP contribution >= 0.6 is 0 Å². The van der Waals surface area contributed by atoms with Crippen LogP contribution in [-0.2, 0) is 9.53 Å². The summed E-state index contributed by atoms with van der Waals surface area (Å²) in [6, 6.07) is 14.6. The lowest BCUT2D eigenvalue weighted by molar-refractivity contribution is -0.140. The fraction of sp³-hybridized carbons (Fsp3) is 0.400. The molecule has 7 nitrogen and oxygen atoms in total. The molecular weight excluding hydrogens is 406 g/mol. The number of benzene rings is 2. The Labute approximate surface area is 188 Å². The zero-order valence-electron chi connectivity index (χ0n) is 18.6. The second-order valence-electron chi connectivity index (χ2n) is 8.46. The highest BCUT2D eigenvalue weighted by molar-refractivity contribution is 5.90. The standard InChI is InChI=1S/C25H31N3O4/c1-16(2)31-23(29)21-9-7-18(8-10-21)19-11-13-22(14-12-19)32-24(30)20-5-3-17(4-6-20)15-28-25(26)27/h7-14,16-17,20H,3-6,15H2,1-2H3,(H4,26,27,28). The van der Waals surface area contributed by atoms with Crippen LogP contribution < -0.4 is 16.2 Å². The Morgan fingerprint density at radius 3 is 2.03 bits per heavy atom. The van der Waals surface area contributed by atoms with Gasteiger partial charge in [-0.25, -0.2) is 4.79 Å². The van der Waals surface area contributed by atoms with Gasteiger partial charge in [-0.1, -0.05) is 24.3 Å². The molecule has 0 aliphatic heterocycles. The number of carbonyl (C=O) groups is 2. The van der Waals surface area contributed by atoms with Crippen LogP contribution in [0.15, 0.2) is 53.5 Å². The maximum atomic E-state index is 12.5. The first-order valence-electron chi connectivity index (χ1n) is 11.0. The Hall–Kier alpha value is -3.35. The highest BCUT2D eigenvalue weighted by atomic mass is 16.5. The minimum absolute atomic E-state index is 0.0942. The van der Waals surface area contributed by atoms with Crippen molar-refractivity contribution in [3.8, 4) is 16.9 Å². The molecule has 0 spiro atoms. The molecule has 2 aromatic rings. The predicted molar refractivity (Wildman–Crippen MR) is 124 cm³/mol. The first-order valence-corrected chi connectivity index (χ1v) is 11.0. The van der Waals surface area contributed by atoms with E-state index in [1.54, 1.807) is 24.3 Å². The highest BCUT2D eigenvalue weighted by Crippen LogP contribution is 2.31. The van der Waals surface area contributed by atoms with Gasteiger partial charge in [0.25, 0.3) is 0 Å². The van der Waals surface area contributed by atoms with Crippen molar-refractivity contribution in [2.45, 2.75) is 45.6 Å². The van der Waals surface area contributed by atoms with Crippen LogP contribution in [0.4, 0.5) is 0 Å². The lowest BCUT2D eigenvalue weighted by Gasteiger charge is -2.26. The molecule has 170 valence electrons. The third kappa shape index (κ3) is 6.57. The maximum Gasteiger partial charge on any atom is 0.338 e. The van der Waals surface area contributed by atoms with Crippen LogP contribution in [0.2, 0.25) is 0 Å². The van der Waals surface area contributed by atoms with Crippen molar-refractivity contribution in [1.82, 2.24) is 0 Å². The van der Waals surface area contributed by atoms with Gasteiger partial charge in [-0.2, -0.15) is 0 Å². The van der Waals surface area contributed by atoms with E-state index in [0.717, 1.165) is 36.8 Å². The molecule has 2 aromatic carbocycles. The summed E-state index contributed by atoms with van der Waals surface area (Å²) in [4.78, 5) is 28.6. The van der Waals surface area contributed by atoms with E-state index >= 15 is 0 Å². The van der Waals surface area contributed by atoms with Crippen molar-refractivity contribution in [1.29, 1.82) is 0 Å². The SMILES string of the molecule is CC(C)OC(=O)c1ccc(-c2ccc(OC(=O)C3CCC(CN=C(N)N)CC3)cc2)cc1. The van der Waals surface area contributed by atoms with Crippen LogP contribution in [-0.4, -0.2) is 30.5 Å². The molecule has 4 N–H and O–H groups in total. The van der Waals surface area contributed by atoms with Gasteiger partial charge in [0.05, 0.1) is 17.6 Å². The summed E-state index contributed by atoms with van der Waals surface area (Å²) in [5.41, 5.74) is 13.2. The highest BCUT2D eigenvalue weighted by Gasteiger charge is 2.27. The lowest BCUT2D eigenvalue weighted by Crippen LogP contribution is -2.28. The second kappa shape index (κ2) is 10.8. The average molecular weight is 438 g/mol. The summed E-state index contributed by atoms with van der Waals surface area (Å²) < 4.78 is 10.8.